The summed E-state index contributed by atoms with van der Waals surface area (Å²) in [6.45, 7) is 3.51. The molecule has 0 aliphatic carbocycles. The molecule has 2 N–H and O–H groups in total. The minimum atomic E-state index is -4.76. The number of ether oxygens (including phenoxy) is 2. The van der Waals surface area contributed by atoms with Crippen LogP contribution in [0.5, 0.6) is 0 Å². The number of phosphoric acid groups is 1. The molecule has 0 fully saturated rings. The number of unbranched alkanes of at least 4 members (excludes halogenated alkanes) is 13. The molecule has 276 valence electrons. The molecule has 0 saturated carbocycles. The van der Waals surface area contributed by atoms with E-state index in [2.05, 4.69) is 79.1 Å². The number of hydrogen-bond donors (Lipinski definition) is 2. The number of hydrogen-bond acceptors (Lipinski definition) is 6. The van der Waals surface area contributed by atoms with Gasteiger partial charge in [0.15, 0.2) is 6.10 Å². The van der Waals surface area contributed by atoms with E-state index in [1.165, 1.54) is 44.9 Å². The SMILES string of the molecule is CC/C=C/C/C=C/C/C=C/C/C=C/C/C=C/CCCCCC(=O)OC[C@H](COP(=O)(O)O)OC(=O)CCCCCCCCCCCCC. The zero-order chi connectivity index (χ0) is 35.4. The lowest BCUT2D eigenvalue weighted by Crippen LogP contribution is -2.29. The fourth-order valence-electron chi connectivity index (χ4n) is 4.81. The Labute approximate surface area is 292 Å². The van der Waals surface area contributed by atoms with Gasteiger partial charge in [-0.25, -0.2) is 4.57 Å². The number of carbonyl (C=O) groups is 2. The first kappa shape index (κ1) is 45.8. The summed E-state index contributed by atoms with van der Waals surface area (Å²) in [5.41, 5.74) is 0. The first-order chi connectivity index (χ1) is 23.3. The van der Waals surface area contributed by atoms with Crippen molar-refractivity contribution in [1.82, 2.24) is 0 Å². The molecule has 0 heterocycles. The minimum absolute atomic E-state index is 0.204. The maximum absolute atomic E-state index is 12.3. The Morgan fingerprint density at radius 3 is 1.50 bits per heavy atom. The van der Waals surface area contributed by atoms with Gasteiger partial charge in [-0.15, -0.1) is 0 Å². The molecule has 0 rings (SSSR count). The van der Waals surface area contributed by atoms with Gasteiger partial charge in [-0.1, -0.05) is 145 Å². The highest BCUT2D eigenvalue weighted by Crippen LogP contribution is 2.36. The number of allylic oxidation sites excluding steroid dienone is 10. The lowest BCUT2D eigenvalue weighted by Gasteiger charge is -2.18. The molecular weight excluding hydrogens is 627 g/mol. The zero-order valence-corrected chi connectivity index (χ0v) is 31.0. The first-order valence-electron chi connectivity index (χ1n) is 18.6. The fraction of sp³-hybridized carbons (Fsp3) is 0.692. The van der Waals surface area contributed by atoms with E-state index in [1.807, 2.05) is 0 Å². The number of esters is 2. The second-order valence-electron chi connectivity index (χ2n) is 12.2. The van der Waals surface area contributed by atoms with Crippen LogP contribution in [0.2, 0.25) is 0 Å². The standard InChI is InChI=1S/C39H67O8P/c1-3-5-7-9-11-13-15-16-17-18-19-20-21-22-24-25-27-29-31-33-38(40)45-35-37(36-46-48(42,43)44)47-39(41)34-32-30-28-26-23-14-12-10-8-6-4-2/h5,7,11,13,16-17,19-20,22,24,37H,3-4,6,8-10,12,14-15,18,21,23,25-36H2,1-2H3,(H2,42,43,44)/b7-5+,13-11+,17-16+,20-19+,24-22+/t37-/m1/s1. The average molecular weight is 695 g/mol. The Balaban J connectivity index is 4.04. The van der Waals surface area contributed by atoms with Crippen molar-refractivity contribution in [3.05, 3.63) is 60.8 Å². The van der Waals surface area contributed by atoms with E-state index in [0.717, 1.165) is 70.6 Å². The molecule has 9 heteroatoms. The molecule has 0 saturated heterocycles. The molecule has 0 aliphatic heterocycles. The van der Waals surface area contributed by atoms with Gasteiger partial charge in [-0.2, -0.15) is 0 Å². The molecule has 0 aromatic rings. The highest BCUT2D eigenvalue weighted by Gasteiger charge is 2.22. The molecule has 0 amide bonds. The van der Waals surface area contributed by atoms with E-state index >= 15 is 0 Å². The van der Waals surface area contributed by atoms with Crippen molar-refractivity contribution in [1.29, 1.82) is 0 Å². The average Bonchev–Trinajstić information content (AvgIpc) is 3.05. The summed E-state index contributed by atoms with van der Waals surface area (Å²) in [5.74, 6) is -0.927. The second kappa shape index (κ2) is 34.6. The summed E-state index contributed by atoms with van der Waals surface area (Å²) < 4.78 is 26.2. The first-order valence-corrected chi connectivity index (χ1v) is 20.1. The molecule has 0 unspecified atom stereocenters. The van der Waals surface area contributed by atoms with Gasteiger partial charge >= 0.3 is 19.8 Å². The Morgan fingerprint density at radius 1 is 0.562 bits per heavy atom. The molecule has 1 atom stereocenters. The van der Waals surface area contributed by atoms with Gasteiger partial charge in [0, 0.05) is 12.8 Å². The van der Waals surface area contributed by atoms with E-state index in [1.54, 1.807) is 0 Å². The van der Waals surface area contributed by atoms with Crippen LogP contribution in [0.3, 0.4) is 0 Å². The summed E-state index contributed by atoms with van der Waals surface area (Å²) in [4.78, 5) is 42.6. The Hall–Kier alpha value is -2.25. The van der Waals surface area contributed by atoms with Crippen LogP contribution in [-0.4, -0.2) is 41.0 Å². The third-order valence-corrected chi connectivity index (χ3v) is 8.04. The van der Waals surface area contributed by atoms with Gasteiger partial charge in [0.25, 0.3) is 0 Å². The van der Waals surface area contributed by atoms with Gasteiger partial charge < -0.3 is 19.3 Å². The lowest BCUT2D eigenvalue weighted by molar-refractivity contribution is -0.161. The van der Waals surface area contributed by atoms with E-state index in [-0.39, 0.29) is 19.4 Å². The molecule has 0 aliphatic rings. The molecule has 0 spiro atoms. The predicted octanol–water partition coefficient (Wildman–Crippen LogP) is 11.0. The van der Waals surface area contributed by atoms with Gasteiger partial charge in [0.05, 0.1) is 6.61 Å². The molecular formula is C39H67O8P. The molecule has 0 bridgehead atoms. The van der Waals surface area contributed by atoms with Gasteiger partial charge in [0.1, 0.15) is 6.61 Å². The van der Waals surface area contributed by atoms with Crippen molar-refractivity contribution in [2.45, 2.75) is 161 Å². The van der Waals surface area contributed by atoms with Crippen LogP contribution in [0, 0.1) is 0 Å². The Morgan fingerprint density at radius 2 is 1.00 bits per heavy atom. The van der Waals surface area contributed by atoms with Gasteiger partial charge in [0.2, 0.25) is 0 Å². The van der Waals surface area contributed by atoms with Crippen LogP contribution in [0.1, 0.15) is 155 Å². The zero-order valence-electron chi connectivity index (χ0n) is 30.1. The summed E-state index contributed by atoms with van der Waals surface area (Å²) in [7, 11) is -4.76. The molecule has 48 heavy (non-hydrogen) atoms. The van der Waals surface area contributed by atoms with E-state index in [0.29, 0.717) is 12.8 Å². The van der Waals surface area contributed by atoms with E-state index < -0.39 is 32.5 Å². The second-order valence-corrected chi connectivity index (χ2v) is 13.4. The maximum atomic E-state index is 12.3. The summed E-state index contributed by atoms with van der Waals surface area (Å²) >= 11 is 0. The largest absolute Gasteiger partial charge is 0.469 e. The van der Waals surface area contributed by atoms with Crippen LogP contribution >= 0.6 is 7.82 Å². The third-order valence-electron chi connectivity index (χ3n) is 7.55. The van der Waals surface area contributed by atoms with Crippen molar-refractivity contribution < 1.29 is 37.9 Å². The summed E-state index contributed by atoms with van der Waals surface area (Å²) in [6, 6.07) is 0. The highest BCUT2D eigenvalue weighted by atomic mass is 31.2. The fourth-order valence-corrected chi connectivity index (χ4v) is 5.17. The lowest BCUT2D eigenvalue weighted by atomic mass is 10.1. The summed E-state index contributed by atoms with van der Waals surface area (Å²) in [6.07, 6.45) is 42.3. The molecule has 0 aromatic heterocycles. The number of phosphoric ester groups is 1. The van der Waals surface area contributed by atoms with Crippen molar-refractivity contribution >= 4 is 19.8 Å². The Kier molecular flexibility index (Phi) is 33.0. The van der Waals surface area contributed by atoms with Crippen molar-refractivity contribution in [3.8, 4) is 0 Å². The molecule has 0 aromatic carbocycles. The van der Waals surface area contributed by atoms with Crippen LogP contribution < -0.4 is 0 Å². The van der Waals surface area contributed by atoms with Gasteiger partial charge in [-0.3, -0.25) is 14.1 Å². The maximum Gasteiger partial charge on any atom is 0.469 e. The third kappa shape index (κ3) is 36.6. The monoisotopic (exact) mass is 694 g/mol. The van der Waals surface area contributed by atoms with Crippen LogP contribution in [-0.2, 0) is 28.2 Å². The highest BCUT2D eigenvalue weighted by molar-refractivity contribution is 7.46. The minimum Gasteiger partial charge on any atom is -0.462 e. The van der Waals surface area contributed by atoms with Crippen LogP contribution in [0.4, 0.5) is 0 Å². The molecule has 8 nitrogen and oxygen atoms in total. The predicted molar refractivity (Wildman–Crippen MR) is 197 cm³/mol. The number of carbonyl (C=O) groups excluding carboxylic acids is 2. The van der Waals surface area contributed by atoms with Gasteiger partial charge in [-0.05, 0) is 57.8 Å². The van der Waals surface area contributed by atoms with Crippen molar-refractivity contribution in [2.75, 3.05) is 13.2 Å². The summed E-state index contributed by atoms with van der Waals surface area (Å²) in [5, 5.41) is 0. The Bertz CT molecular complexity index is 963. The smallest absolute Gasteiger partial charge is 0.462 e. The quantitative estimate of drug-likeness (QED) is 0.0301. The normalized spacial score (nSPS) is 13.2. The number of rotatable bonds is 33. The topological polar surface area (TPSA) is 119 Å². The van der Waals surface area contributed by atoms with Crippen molar-refractivity contribution in [2.24, 2.45) is 0 Å². The van der Waals surface area contributed by atoms with Crippen molar-refractivity contribution in [3.63, 3.8) is 0 Å². The molecule has 0 radical (unpaired) electrons. The van der Waals surface area contributed by atoms with Crippen LogP contribution in [0.25, 0.3) is 0 Å². The van der Waals surface area contributed by atoms with Crippen LogP contribution in [0.15, 0.2) is 60.8 Å². The van der Waals surface area contributed by atoms with E-state index in [9.17, 15) is 14.2 Å². The van der Waals surface area contributed by atoms with E-state index in [4.69, 9.17) is 19.3 Å².